The van der Waals surface area contributed by atoms with Gasteiger partial charge in [-0.05, 0) is 13.8 Å². The monoisotopic (exact) mass is 279 g/mol. The molecule has 0 radical (unpaired) electrons. The molecule has 0 aromatic carbocycles. The van der Waals surface area contributed by atoms with Crippen molar-refractivity contribution in [1.82, 2.24) is 10.6 Å². The van der Waals surface area contributed by atoms with Crippen LogP contribution in [0.15, 0.2) is 0 Å². The molecular weight excluding hydrogens is 254 g/mol. The van der Waals surface area contributed by atoms with E-state index in [1.165, 1.54) is 0 Å². The highest BCUT2D eigenvalue weighted by molar-refractivity contribution is 5.85. The highest BCUT2D eigenvalue weighted by atomic mass is 35.5. The maximum Gasteiger partial charge on any atom is 0.225 e. The summed E-state index contributed by atoms with van der Waals surface area (Å²) in [5.41, 5.74) is 4.90. The number of rotatable bonds is 5. The van der Waals surface area contributed by atoms with Crippen LogP contribution in [-0.2, 0) is 9.59 Å². The second-order valence-corrected chi connectivity index (χ2v) is 6.02. The van der Waals surface area contributed by atoms with Crippen molar-refractivity contribution < 1.29 is 9.59 Å². The van der Waals surface area contributed by atoms with Gasteiger partial charge in [0.15, 0.2) is 0 Å². The summed E-state index contributed by atoms with van der Waals surface area (Å²) in [5.74, 6) is -0.151. The zero-order chi connectivity index (χ0) is 13.7. The van der Waals surface area contributed by atoms with E-state index in [0.29, 0.717) is 13.1 Å². The van der Waals surface area contributed by atoms with Crippen molar-refractivity contribution >= 4 is 24.2 Å². The average Bonchev–Trinajstić information content (AvgIpc) is 2.12. The van der Waals surface area contributed by atoms with Gasteiger partial charge in [0.25, 0.3) is 0 Å². The Morgan fingerprint density at radius 2 is 1.56 bits per heavy atom. The van der Waals surface area contributed by atoms with Crippen LogP contribution in [0.2, 0.25) is 0 Å². The Bertz CT molecular complexity index is 280. The summed E-state index contributed by atoms with van der Waals surface area (Å²) in [6.45, 7) is 9.97. The molecule has 0 aliphatic rings. The van der Waals surface area contributed by atoms with Crippen LogP contribution in [0.3, 0.4) is 0 Å². The third-order valence-corrected chi connectivity index (χ3v) is 2.06. The van der Waals surface area contributed by atoms with Gasteiger partial charge in [-0.3, -0.25) is 9.59 Å². The molecule has 6 heteroatoms. The largest absolute Gasteiger partial charge is 0.355 e. The Morgan fingerprint density at radius 3 is 1.94 bits per heavy atom. The zero-order valence-corrected chi connectivity index (χ0v) is 12.7. The van der Waals surface area contributed by atoms with Crippen LogP contribution < -0.4 is 16.4 Å². The van der Waals surface area contributed by atoms with Gasteiger partial charge in [0.2, 0.25) is 11.8 Å². The van der Waals surface area contributed by atoms with Gasteiger partial charge in [0.05, 0.1) is 0 Å². The molecule has 0 fully saturated rings. The molecule has 0 aliphatic heterocycles. The fourth-order valence-corrected chi connectivity index (χ4v) is 0.970. The summed E-state index contributed by atoms with van der Waals surface area (Å²) in [6, 6.07) is 0. The van der Waals surface area contributed by atoms with Crippen LogP contribution in [0.1, 0.15) is 41.0 Å². The second kappa shape index (κ2) is 7.59. The summed E-state index contributed by atoms with van der Waals surface area (Å²) in [5, 5.41) is 5.44. The lowest BCUT2D eigenvalue weighted by Gasteiger charge is -2.19. The maximum atomic E-state index is 11.5. The predicted octanol–water partition coefficient (Wildman–Crippen LogP) is 0.814. The molecule has 0 aromatic rings. The van der Waals surface area contributed by atoms with Gasteiger partial charge in [-0.1, -0.05) is 20.8 Å². The molecule has 0 atom stereocenters. The van der Waals surface area contributed by atoms with Crippen molar-refractivity contribution in [3.8, 4) is 0 Å². The summed E-state index contributed by atoms with van der Waals surface area (Å²) < 4.78 is 0. The zero-order valence-electron chi connectivity index (χ0n) is 11.9. The molecule has 0 heterocycles. The lowest BCUT2D eigenvalue weighted by atomic mass is 9.96. The number of carbonyl (C=O) groups is 2. The smallest absolute Gasteiger partial charge is 0.225 e. The van der Waals surface area contributed by atoms with E-state index in [1.807, 2.05) is 34.6 Å². The van der Waals surface area contributed by atoms with Gasteiger partial charge in [0, 0.05) is 30.5 Å². The van der Waals surface area contributed by atoms with E-state index in [-0.39, 0.29) is 30.6 Å². The van der Waals surface area contributed by atoms with Gasteiger partial charge in [0.1, 0.15) is 0 Å². The van der Waals surface area contributed by atoms with Gasteiger partial charge in [-0.15, -0.1) is 12.4 Å². The van der Waals surface area contributed by atoms with Crippen molar-refractivity contribution in [3.63, 3.8) is 0 Å². The number of carbonyl (C=O) groups excluding carboxylic acids is 2. The minimum Gasteiger partial charge on any atom is -0.355 e. The van der Waals surface area contributed by atoms with Crippen LogP contribution in [0.4, 0.5) is 0 Å². The Hall–Kier alpha value is -0.810. The lowest BCUT2D eigenvalue weighted by Crippen LogP contribution is -2.45. The summed E-state index contributed by atoms with van der Waals surface area (Å²) in [6.07, 6.45) is 0.276. The van der Waals surface area contributed by atoms with E-state index < -0.39 is 11.0 Å². The van der Waals surface area contributed by atoms with Gasteiger partial charge in [-0.2, -0.15) is 0 Å². The van der Waals surface area contributed by atoms with Gasteiger partial charge >= 0.3 is 0 Å². The summed E-state index contributed by atoms with van der Waals surface area (Å²) >= 11 is 0. The van der Waals surface area contributed by atoms with Crippen molar-refractivity contribution in [2.45, 2.75) is 46.6 Å². The number of nitrogens with one attached hydrogen (secondary N) is 2. The van der Waals surface area contributed by atoms with Crippen LogP contribution >= 0.6 is 12.4 Å². The first-order valence-corrected chi connectivity index (χ1v) is 5.86. The molecule has 0 rings (SSSR count). The van der Waals surface area contributed by atoms with Crippen molar-refractivity contribution in [3.05, 3.63) is 0 Å². The number of hydrogen-bond donors (Lipinski definition) is 3. The highest BCUT2D eigenvalue weighted by Crippen LogP contribution is 2.11. The topological polar surface area (TPSA) is 84.2 Å². The van der Waals surface area contributed by atoms with Crippen LogP contribution in [0.5, 0.6) is 0 Å². The second-order valence-electron chi connectivity index (χ2n) is 6.02. The van der Waals surface area contributed by atoms with E-state index >= 15 is 0 Å². The Morgan fingerprint density at radius 1 is 1.06 bits per heavy atom. The Kier molecular flexibility index (Phi) is 8.23. The third-order valence-electron chi connectivity index (χ3n) is 2.06. The Balaban J connectivity index is 0. The number of halogens is 1. The highest BCUT2D eigenvalue weighted by Gasteiger charge is 2.20. The summed E-state index contributed by atoms with van der Waals surface area (Å²) in [4.78, 5) is 22.9. The van der Waals surface area contributed by atoms with E-state index in [4.69, 9.17) is 5.73 Å². The molecule has 5 nitrogen and oxygen atoms in total. The molecule has 0 aromatic heterocycles. The Labute approximate surface area is 116 Å². The number of hydrogen-bond acceptors (Lipinski definition) is 3. The van der Waals surface area contributed by atoms with E-state index in [1.54, 1.807) is 0 Å². The normalized spacial score (nSPS) is 11.4. The average molecular weight is 280 g/mol. The lowest BCUT2D eigenvalue weighted by molar-refractivity contribution is -0.128. The van der Waals surface area contributed by atoms with Crippen LogP contribution in [0.25, 0.3) is 0 Å². The molecule has 0 saturated heterocycles. The fourth-order valence-electron chi connectivity index (χ4n) is 0.970. The van der Waals surface area contributed by atoms with E-state index in [0.717, 1.165) is 0 Å². The molecule has 0 aliphatic carbocycles. The minimum atomic E-state index is -0.421. The molecule has 0 unspecified atom stereocenters. The first-order chi connectivity index (χ1) is 7.52. The molecule has 4 N–H and O–H groups in total. The molecule has 0 saturated carbocycles. The predicted molar refractivity (Wildman–Crippen MR) is 75.6 cm³/mol. The molecule has 2 amide bonds. The number of amides is 2. The first-order valence-electron chi connectivity index (χ1n) is 5.86. The molecule has 0 spiro atoms. The van der Waals surface area contributed by atoms with Crippen LogP contribution in [0, 0.1) is 5.41 Å². The standard InChI is InChI=1S/C12H25N3O2.ClH/c1-11(2,3)10(17)14-7-6-9(16)15-8-12(4,5)13;/h6-8,13H2,1-5H3,(H,14,17)(H,15,16);1H. The maximum absolute atomic E-state index is 11.5. The first kappa shape index (κ1) is 19.5. The quantitative estimate of drug-likeness (QED) is 0.696. The SMILES string of the molecule is CC(C)(N)CNC(=O)CCNC(=O)C(C)(C)C.Cl. The van der Waals surface area contributed by atoms with Crippen LogP contribution in [-0.4, -0.2) is 30.4 Å². The van der Waals surface area contributed by atoms with Crippen molar-refractivity contribution in [1.29, 1.82) is 0 Å². The molecule has 108 valence electrons. The third kappa shape index (κ3) is 10.4. The molecule has 0 bridgehead atoms. The van der Waals surface area contributed by atoms with Gasteiger partial charge in [-0.25, -0.2) is 0 Å². The van der Waals surface area contributed by atoms with E-state index in [2.05, 4.69) is 10.6 Å². The van der Waals surface area contributed by atoms with E-state index in [9.17, 15) is 9.59 Å². The fraction of sp³-hybridized carbons (Fsp3) is 0.833. The van der Waals surface area contributed by atoms with Gasteiger partial charge < -0.3 is 16.4 Å². The summed E-state index contributed by atoms with van der Waals surface area (Å²) in [7, 11) is 0. The molecular formula is C12H26ClN3O2. The van der Waals surface area contributed by atoms with Crippen molar-refractivity contribution in [2.24, 2.45) is 11.1 Å². The molecule has 18 heavy (non-hydrogen) atoms. The van der Waals surface area contributed by atoms with Crippen molar-refractivity contribution in [2.75, 3.05) is 13.1 Å². The minimum absolute atomic E-state index is 0. The number of nitrogens with two attached hydrogens (primary N) is 1.